The van der Waals surface area contributed by atoms with Crippen LogP contribution in [0.25, 0.3) is 0 Å². The summed E-state index contributed by atoms with van der Waals surface area (Å²) >= 11 is 6.64. The number of nitrogens with zero attached hydrogens (tertiary/aromatic N) is 1. The standard InChI is InChI=1S/C5H5Br2N/c6-5-2-1-3-8(7)4-5/h1-2,4H,3H2. The van der Waals surface area contributed by atoms with E-state index in [1.807, 2.05) is 16.2 Å². The Bertz CT molecular complexity index is 139. The molecule has 0 bridgehead atoms. The maximum Gasteiger partial charge on any atom is 0.0494 e. The third-order valence-corrected chi connectivity index (χ3v) is 1.78. The highest BCUT2D eigenvalue weighted by Crippen LogP contribution is 2.15. The van der Waals surface area contributed by atoms with Gasteiger partial charge in [-0.1, -0.05) is 6.08 Å². The summed E-state index contributed by atoms with van der Waals surface area (Å²) in [5.74, 6) is 0. The van der Waals surface area contributed by atoms with Crippen LogP contribution in [0.2, 0.25) is 0 Å². The van der Waals surface area contributed by atoms with Crippen LogP contribution in [0.4, 0.5) is 0 Å². The van der Waals surface area contributed by atoms with Gasteiger partial charge in [-0.15, -0.1) is 0 Å². The maximum atomic E-state index is 3.33. The van der Waals surface area contributed by atoms with Gasteiger partial charge in [-0.05, 0) is 22.0 Å². The van der Waals surface area contributed by atoms with Crippen LogP contribution in [0.15, 0.2) is 22.8 Å². The summed E-state index contributed by atoms with van der Waals surface area (Å²) in [4.78, 5) is 0. The van der Waals surface area contributed by atoms with E-state index in [0.29, 0.717) is 0 Å². The van der Waals surface area contributed by atoms with Gasteiger partial charge in [-0.3, -0.25) is 0 Å². The lowest BCUT2D eigenvalue weighted by Crippen LogP contribution is -2.04. The van der Waals surface area contributed by atoms with Crippen molar-refractivity contribution in [2.45, 2.75) is 0 Å². The van der Waals surface area contributed by atoms with Crippen LogP contribution in [-0.2, 0) is 0 Å². The summed E-state index contributed by atoms with van der Waals surface area (Å²) in [6.07, 6.45) is 6.07. The minimum absolute atomic E-state index is 0.940. The molecule has 0 spiro atoms. The fraction of sp³-hybridized carbons (Fsp3) is 0.200. The molecule has 44 valence electrons. The minimum atomic E-state index is 0.940. The van der Waals surface area contributed by atoms with Crippen molar-refractivity contribution in [2.75, 3.05) is 6.54 Å². The van der Waals surface area contributed by atoms with Gasteiger partial charge in [0.2, 0.25) is 0 Å². The van der Waals surface area contributed by atoms with E-state index in [1.165, 1.54) is 0 Å². The largest absolute Gasteiger partial charge is 0.311 e. The number of hydrogen-bond acceptors (Lipinski definition) is 1. The molecule has 3 heteroatoms. The van der Waals surface area contributed by atoms with Crippen molar-refractivity contribution in [3.63, 3.8) is 0 Å². The molecule has 1 heterocycles. The number of halogens is 2. The predicted octanol–water partition coefficient (Wildman–Crippen LogP) is 2.40. The van der Waals surface area contributed by atoms with Crippen molar-refractivity contribution < 1.29 is 0 Å². The molecule has 0 saturated heterocycles. The van der Waals surface area contributed by atoms with Crippen molar-refractivity contribution in [1.82, 2.24) is 3.93 Å². The van der Waals surface area contributed by atoms with E-state index < -0.39 is 0 Å². The Hall–Kier alpha value is 0.240. The van der Waals surface area contributed by atoms with E-state index in [9.17, 15) is 0 Å². The fourth-order valence-electron chi connectivity index (χ4n) is 0.496. The molecule has 0 fully saturated rings. The average molecular weight is 239 g/mol. The minimum Gasteiger partial charge on any atom is -0.311 e. The van der Waals surface area contributed by atoms with E-state index in [2.05, 4.69) is 38.2 Å². The highest BCUT2D eigenvalue weighted by Gasteiger charge is 1.96. The van der Waals surface area contributed by atoms with Crippen LogP contribution in [0, 0.1) is 0 Å². The molecule has 1 aliphatic rings. The van der Waals surface area contributed by atoms with Crippen LogP contribution in [0.5, 0.6) is 0 Å². The number of hydrogen-bond donors (Lipinski definition) is 0. The molecule has 1 rings (SSSR count). The van der Waals surface area contributed by atoms with Gasteiger partial charge in [0, 0.05) is 33.4 Å². The van der Waals surface area contributed by atoms with Crippen LogP contribution in [-0.4, -0.2) is 10.5 Å². The first-order chi connectivity index (χ1) is 3.79. The molecule has 0 aromatic carbocycles. The lowest BCUT2D eigenvalue weighted by molar-refractivity contribution is 0.713. The lowest BCUT2D eigenvalue weighted by Gasteiger charge is -2.11. The quantitative estimate of drug-likeness (QED) is 0.586. The molecule has 0 atom stereocenters. The second-order valence-electron chi connectivity index (χ2n) is 1.50. The van der Waals surface area contributed by atoms with E-state index in [1.54, 1.807) is 0 Å². The van der Waals surface area contributed by atoms with Gasteiger partial charge < -0.3 is 3.93 Å². The Morgan fingerprint density at radius 3 is 2.75 bits per heavy atom. The fourth-order valence-corrected chi connectivity index (χ4v) is 1.59. The molecule has 0 aliphatic carbocycles. The van der Waals surface area contributed by atoms with Crippen LogP contribution >= 0.6 is 32.1 Å². The summed E-state index contributed by atoms with van der Waals surface area (Å²) in [7, 11) is 0. The van der Waals surface area contributed by atoms with Crippen molar-refractivity contribution >= 4 is 32.1 Å². The molecule has 0 aromatic rings. The third-order valence-electron chi connectivity index (χ3n) is 0.820. The molecule has 0 unspecified atom stereocenters. The monoisotopic (exact) mass is 237 g/mol. The van der Waals surface area contributed by atoms with Crippen molar-refractivity contribution in [3.05, 3.63) is 22.8 Å². The Balaban J connectivity index is 2.63. The molecule has 0 saturated carbocycles. The molecule has 8 heavy (non-hydrogen) atoms. The summed E-state index contributed by atoms with van der Waals surface area (Å²) in [6, 6.07) is 0. The highest BCUT2D eigenvalue weighted by molar-refractivity contribution is 9.12. The number of rotatable bonds is 0. The molecule has 0 N–H and O–H groups in total. The van der Waals surface area contributed by atoms with E-state index >= 15 is 0 Å². The second-order valence-corrected chi connectivity index (χ2v) is 3.33. The van der Waals surface area contributed by atoms with E-state index in [-0.39, 0.29) is 0 Å². The summed E-state index contributed by atoms with van der Waals surface area (Å²) in [5, 5.41) is 0. The first-order valence-electron chi connectivity index (χ1n) is 2.25. The number of allylic oxidation sites excluding steroid dienone is 2. The van der Waals surface area contributed by atoms with Gasteiger partial charge in [-0.2, -0.15) is 0 Å². The zero-order chi connectivity index (χ0) is 5.98. The van der Waals surface area contributed by atoms with Gasteiger partial charge in [0.25, 0.3) is 0 Å². The molecular formula is C5H5Br2N. The predicted molar refractivity (Wildman–Crippen MR) is 41.8 cm³/mol. The third kappa shape index (κ3) is 1.63. The van der Waals surface area contributed by atoms with E-state index in [0.717, 1.165) is 11.0 Å². The van der Waals surface area contributed by atoms with Gasteiger partial charge >= 0.3 is 0 Å². The topological polar surface area (TPSA) is 3.24 Å². The normalized spacial score (nSPS) is 18.8. The summed E-state index contributed by atoms with van der Waals surface area (Å²) in [6.45, 7) is 0.940. The van der Waals surface area contributed by atoms with Crippen molar-refractivity contribution in [1.29, 1.82) is 0 Å². The smallest absolute Gasteiger partial charge is 0.0494 e. The van der Waals surface area contributed by atoms with Crippen molar-refractivity contribution in [2.24, 2.45) is 0 Å². The Morgan fingerprint density at radius 1 is 1.62 bits per heavy atom. The SMILES string of the molecule is BrC1=CN(Br)CC=C1. The van der Waals surface area contributed by atoms with Crippen LogP contribution < -0.4 is 0 Å². The molecule has 0 aromatic heterocycles. The van der Waals surface area contributed by atoms with E-state index in [4.69, 9.17) is 0 Å². The first kappa shape index (κ1) is 6.36. The Kier molecular flexibility index (Phi) is 2.14. The zero-order valence-corrected chi connectivity index (χ0v) is 7.31. The summed E-state index contributed by atoms with van der Waals surface area (Å²) < 4.78 is 3.03. The molecule has 1 aliphatic heterocycles. The zero-order valence-electron chi connectivity index (χ0n) is 4.14. The average Bonchev–Trinajstić information content (AvgIpc) is 1.64. The van der Waals surface area contributed by atoms with Gasteiger partial charge in [0.1, 0.15) is 0 Å². The summed E-state index contributed by atoms with van der Waals surface area (Å²) in [5.41, 5.74) is 0. The molecular weight excluding hydrogens is 234 g/mol. The first-order valence-corrected chi connectivity index (χ1v) is 3.75. The Morgan fingerprint density at radius 2 is 2.38 bits per heavy atom. The van der Waals surface area contributed by atoms with Crippen molar-refractivity contribution in [3.8, 4) is 0 Å². The highest BCUT2D eigenvalue weighted by atomic mass is 79.9. The molecule has 0 radical (unpaired) electrons. The molecule has 0 amide bonds. The molecule has 1 nitrogen and oxygen atoms in total. The lowest BCUT2D eigenvalue weighted by atomic mass is 10.4. The van der Waals surface area contributed by atoms with Crippen LogP contribution in [0.1, 0.15) is 0 Å². The Labute approximate surface area is 65.5 Å². The van der Waals surface area contributed by atoms with Gasteiger partial charge in [0.15, 0.2) is 0 Å². The van der Waals surface area contributed by atoms with Crippen LogP contribution in [0.3, 0.4) is 0 Å². The maximum absolute atomic E-state index is 3.33. The van der Waals surface area contributed by atoms with Gasteiger partial charge in [-0.25, -0.2) is 0 Å². The van der Waals surface area contributed by atoms with Gasteiger partial charge in [0.05, 0.1) is 0 Å². The second kappa shape index (κ2) is 2.69.